The number of aromatic amines is 1. The Kier molecular flexibility index (Phi) is 5.10. The van der Waals surface area contributed by atoms with Gasteiger partial charge >= 0.3 is 24.5 Å². The molecule has 0 spiro atoms. The number of anilines is 1. The summed E-state index contributed by atoms with van der Waals surface area (Å²) in [6.07, 6.45) is -9.00. The molecule has 0 aliphatic heterocycles. The van der Waals surface area contributed by atoms with Crippen molar-refractivity contribution in [3.05, 3.63) is 45.7 Å². The number of aromatic nitrogens is 1. The first-order valence-corrected chi connectivity index (χ1v) is 6.93. The highest BCUT2D eigenvalue weighted by Gasteiger charge is 2.44. The van der Waals surface area contributed by atoms with Gasteiger partial charge in [-0.15, -0.1) is 0 Å². The van der Waals surface area contributed by atoms with Crippen LogP contribution in [0.5, 0.6) is 5.75 Å². The Labute approximate surface area is 146 Å². The van der Waals surface area contributed by atoms with Crippen LogP contribution in [0.15, 0.2) is 29.1 Å². The number of alkyl halides is 4. The van der Waals surface area contributed by atoms with Crippen molar-refractivity contribution in [1.29, 1.82) is 0 Å². The number of carboxylic acids is 2. The molecule has 0 radical (unpaired) electrons. The molecular formula is C15H10F4N2O6. The smallest absolute Gasteiger partial charge is 0.461 e. The van der Waals surface area contributed by atoms with Gasteiger partial charge in [-0.25, -0.2) is 9.59 Å². The van der Waals surface area contributed by atoms with Crippen LogP contribution >= 0.6 is 0 Å². The molecule has 12 heteroatoms. The van der Waals surface area contributed by atoms with Crippen molar-refractivity contribution >= 4 is 17.8 Å². The summed E-state index contributed by atoms with van der Waals surface area (Å²) in [7, 11) is 0. The normalized spacial score (nSPS) is 11.4. The lowest BCUT2D eigenvalue weighted by Gasteiger charge is -2.18. The number of hydrogen-bond donors (Lipinski definition) is 4. The molecular weight excluding hydrogens is 380 g/mol. The molecule has 0 aliphatic rings. The van der Waals surface area contributed by atoms with E-state index in [1.165, 1.54) is 0 Å². The van der Waals surface area contributed by atoms with Crippen molar-refractivity contribution in [3.8, 4) is 16.9 Å². The standard InChI is InChI=1S/C15H10F4N2O6/c16-14(17)15(18,19)27-6-3-1-2-5(4-6)7-8(12(23)24)10(20)21-11(22)9(7)13(25)26/h1-4,14H,(H,23,24)(H,25,26)(H3,20,21,22). The molecule has 0 atom stereocenters. The fourth-order valence-electron chi connectivity index (χ4n) is 2.25. The number of halogens is 4. The van der Waals surface area contributed by atoms with Gasteiger partial charge in [0.15, 0.2) is 0 Å². The van der Waals surface area contributed by atoms with Crippen molar-refractivity contribution in [3.63, 3.8) is 0 Å². The Hall–Kier alpha value is -3.57. The van der Waals surface area contributed by atoms with E-state index in [0.29, 0.717) is 6.07 Å². The first-order chi connectivity index (χ1) is 12.5. The Morgan fingerprint density at radius 3 is 2.26 bits per heavy atom. The number of rotatable bonds is 6. The van der Waals surface area contributed by atoms with Crippen LogP contribution in [0.25, 0.3) is 11.1 Å². The second kappa shape index (κ2) is 6.97. The van der Waals surface area contributed by atoms with Gasteiger partial charge in [-0.1, -0.05) is 12.1 Å². The minimum Gasteiger partial charge on any atom is -0.478 e. The van der Waals surface area contributed by atoms with Gasteiger partial charge in [-0.2, -0.15) is 17.6 Å². The lowest BCUT2D eigenvalue weighted by atomic mass is 9.95. The zero-order valence-corrected chi connectivity index (χ0v) is 13.0. The molecule has 0 fully saturated rings. The fourth-order valence-corrected chi connectivity index (χ4v) is 2.25. The summed E-state index contributed by atoms with van der Waals surface area (Å²) in [6.45, 7) is 0. The number of hydrogen-bond acceptors (Lipinski definition) is 5. The molecule has 5 N–H and O–H groups in total. The van der Waals surface area contributed by atoms with E-state index >= 15 is 0 Å². The van der Waals surface area contributed by atoms with Crippen LogP contribution in [0.1, 0.15) is 20.7 Å². The maximum absolute atomic E-state index is 13.1. The topological polar surface area (TPSA) is 143 Å². The third-order valence-electron chi connectivity index (χ3n) is 3.30. The van der Waals surface area contributed by atoms with Crippen LogP contribution in [0.4, 0.5) is 23.4 Å². The largest absolute Gasteiger partial charge is 0.478 e. The molecule has 0 amide bonds. The number of ether oxygens (including phenoxy) is 1. The monoisotopic (exact) mass is 390 g/mol. The van der Waals surface area contributed by atoms with Crippen LogP contribution in [0, 0.1) is 0 Å². The second-order valence-corrected chi connectivity index (χ2v) is 5.10. The Morgan fingerprint density at radius 1 is 1.15 bits per heavy atom. The van der Waals surface area contributed by atoms with E-state index in [-0.39, 0.29) is 5.56 Å². The summed E-state index contributed by atoms with van der Waals surface area (Å²) in [5.41, 5.74) is 1.28. The summed E-state index contributed by atoms with van der Waals surface area (Å²) < 4.78 is 54.6. The molecule has 0 aliphatic carbocycles. The van der Waals surface area contributed by atoms with Gasteiger partial charge in [0.1, 0.15) is 22.7 Å². The first kappa shape index (κ1) is 19.8. The van der Waals surface area contributed by atoms with Crippen LogP contribution in [0.3, 0.4) is 0 Å². The van der Waals surface area contributed by atoms with E-state index in [0.717, 1.165) is 18.2 Å². The molecule has 144 valence electrons. The molecule has 0 saturated heterocycles. The van der Waals surface area contributed by atoms with Gasteiger partial charge in [0.2, 0.25) is 0 Å². The Bertz CT molecular complexity index is 973. The number of carboxylic acid groups (broad SMARTS) is 2. The summed E-state index contributed by atoms with van der Waals surface area (Å²) in [6, 6.07) is 3.63. The number of nitrogens with two attached hydrogens (primary N) is 1. The highest BCUT2D eigenvalue weighted by Crippen LogP contribution is 2.33. The lowest BCUT2D eigenvalue weighted by molar-refractivity contribution is -0.253. The van der Waals surface area contributed by atoms with Gasteiger partial charge in [-0.05, 0) is 17.7 Å². The van der Waals surface area contributed by atoms with Crippen molar-refractivity contribution in [2.24, 2.45) is 0 Å². The third-order valence-corrected chi connectivity index (χ3v) is 3.30. The molecule has 0 saturated carbocycles. The SMILES string of the molecule is Nc1[nH]c(=O)c(C(=O)O)c(-c2cccc(OC(F)(F)C(F)F)c2)c1C(=O)O. The average Bonchev–Trinajstić information content (AvgIpc) is 2.52. The summed E-state index contributed by atoms with van der Waals surface area (Å²) in [5, 5.41) is 18.5. The van der Waals surface area contributed by atoms with Gasteiger partial charge in [-0.3, -0.25) is 4.79 Å². The predicted molar refractivity (Wildman–Crippen MR) is 82.4 cm³/mol. The fraction of sp³-hybridized carbons (Fsp3) is 0.133. The van der Waals surface area contributed by atoms with E-state index in [1.807, 2.05) is 4.98 Å². The highest BCUT2D eigenvalue weighted by atomic mass is 19.3. The van der Waals surface area contributed by atoms with E-state index in [9.17, 15) is 42.2 Å². The van der Waals surface area contributed by atoms with Gasteiger partial charge in [0.25, 0.3) is 5.56 Å². The first-order valence-electron chi connectivity index (χ1n) is 6.93. The Balaban J connectivity index is 2.75. The molecule has 2 rings (SSSR count). The molecule has 0 unspecified atom stereocenters. The number of nitrogens with one attached hydrogen (secondary N) is 1. The molecule has 2 aromatic rings. The van der Waals surface area contributed by atoms with E-state index < -0.39 is 58.3 Å². The number of aromatic carboxylic acids is 2. The zero-order valence-electron chi connectivity index (χ0n) is 13.0. The van der Waals surface area contributed by atoms with Crippen molar-refractivity contribution < 1.29 is 42.1 Å². The number of pyridine rings is 1. The van der Waals surface area contributed by atoms with Crippen LogP contribution in [-0.2, 0) is 0 Å². The zero-order chi connectivity index (χ0) is 20.5. The van der Waals surface area contributed by atoms with Crippen LogP contribution in [-0.4, -0.2) is 39.7 Å². The number of H-pyrrole nitrogens is 1. The maximum atomic E-state index is 13.1. The summed E-state index contributed by atoms with van der Waals surface area (Å²) in [5.74, 6) is -5.04. The number of benzene rings is 1. The average molecular weight is 390 g/mol. The van der Waals surface area contributed by atoms with Crippen molar-refractivity contribution in [1.82, 2.24) is 4.98 Å². The molecule has 8 nitrogen and oxygen atoms in total. The quantitative estimate of drug-likeness (QED) is 0.554. The van der Waals surface area contributed by atoms with Gasteiger partial charge in [0, 0.05) is 5.56 Å². The molecule has 1 aromatic heterocycles. The van der Waals surface area contributed by atoms with Crippen LogP contribution < -0.4 is 16.0 Å². The van der Waals surface area contributed by atoms with Gasteiger partial charge in [0.05, 0.1) is 0 Å². The number of nitrogen functional groups attached to an aromatic ring is 1. The molecule has 1 heterocycles. The van der Waals surface area contributed by atoms with Crippen LogP contribution in [0.2, 0.25) is 0 Å². The van der Waals surface area contributed by atoms with Gasteiger partial charge < -0.3 is 25.7 Å². The molecule has 27 heavy (non-hydrogen) atoms. The summed E-state index contributed by atoms with van der Waals surface area (Å²) in [4.78, 5) is 36.6. The number of carbonyl (C=O) groups is 2. The van der Waals surface area contributed by atoms with Crippen molar-refractivity contribution in [2.45, 2.75) is 12.5 Å². The molecule has 1 aromatic carbocycles. The van der Waals surface area contributed by atoms with Crippen molar-refractivity contribution in [2.75, 3.05) is 5.73 Å². The maximum Gasteiger partial charge on any atom is 0.461 e. The Morgan fingerprint density at radius 2 is 1.74 bits per heavy atom. The second-order valence-electron chi connectivity index (χ2n) is 5.10. The lowest BCUT2D eigenvalue weighted by Crippen LogP contribution is -2.33. The third kappa shape index (κ3) is 3.83. The minimum absolute atomic E-state index is 0.370. The molecule has 0 bridgehead atoms. The van der Waals surface area contributed by atoms with E-state index in [4.69, 9.17) is 5.73 Å². The van der Waals surface area contributed by atoms with E-state index in [2.05, 4.69) is 4.74 Å². The summed E-state index contributed by atoms with van der Waals surface area (Å²) >= 11 is 0. The minimum atomic E-state index is -4.85. The van der Waals surface area contributed by atoms with E-state index in [1.54, 1.807) is 0 Å². The highest BCUT2D eigenvalue weighted by molar-refractivity contribution is 6.07. The predicted octanol–water partition coefficient (Wildman–Crippen LogP) is 2.26.